The molecule has 0 aliphatic heterocycles. The van der Waals surface area contributed by atoms with Crippen LogP contribution in [0.5, 0.6) is 0 Å². The number of aryl methyl sites for hydroxylation is 1. The number of rotatable bonds is 8. The van der Waals surface area contributed by atoms with Gasteiger partial charge in [-0.25, -0.2) is 0 Å². The largest absolute Gasteiger partial charge is 0.361 e. The smallest absolute Gasteiger partial charge is 0.221 e. The van der Waals surface area contributed by atoms with Gasteiger partial charge in [0.2, 0.25) is 5.91 Å². The molecule has 0 unspecified atom stereocenters. The summed E-state index contributed by atoms with van der Waals surface area (Å²) in [6.07, 6.45) is 3.52. The highest BCUT2D eigenvalue weighted by molar-refractivity contribution is 5.83. The second kappa shape index (κ2) is 8.49. The standard InChI is InChI=1S/C21H25N3O/c1-16-6-2-3-7-17(16)14-24-21(25)11-13-22-12-10-18-15-23-20-9-5-4-8-19(18)20/h2-9,15,22-23H,10-14H2,1H3,(H,24,25). The van der Waals surface area contributed by atoms with Crippen molar-refractivity contribution >= 4 is 16.8 Å². The summed E-state index contributed by atoms with van der Waals surface area (Å²) in [6.45, 7) is 4.23. The Labute approximate surface area is 148 Å². The highest BCUT2D eigenvalue weighted by Gasteiger charge is 2.04. The van der Waals surface area contributed by atoms with Crippen LogP contribution in [0.1, 0.15) is 23.1 Å². The lowest BCUT2D eigenvalue weighted by molar-refractivity contribution is -0.121. The van der Waals surface area contributed by atoms with Gasteiger partial charge in [-0.2, -0.15) is 0 Å². The van der Waals surface area contributed by atoms with E-state index in [4.69, 9.17) is 0 Å². The molecule has 0 radical (unpaired) electrons. The van der Waals surface area contributed by atoms with E-state index in [-0.39, 0.29) is 5.91 Å². The molecule has 4 heteroatoms. The molecular formula is C21H25N3O. The summed E-state index contributed by atoms with van der Waals surface area (Å²) in [6, 6.07) is 16.5. The quantitative estimate of drug-likeness (QED) is 0.553. The van der Waals surface area contributed by atoms with Crippen LogP contribution in [0.4, 0.5) is 0 Å². The fourth-order valence-corrected chi connectivity index (χ4v) is 2.98. The van der Waals surface area contributed by atoms with Gasteiger partial charge in [0.1, 0.15) is 0 Å². The number of benzene rings is 2. The van der Waals surface area contributed by atoms with Crippen LogP contribution >= 0.6 is 0 Å². The highest BCUT2D eigenvalue weighted by atomic mass is 16.1. The van der Waals surface area contributed by atoms with Crippen LogP contribution in [0, 0.1) is 6.92 Å². The molecular weight excluding hydrogens is 310 g/mol. The number of amides is 1. The highest BCUT2D eigenvalue weighted by Crippen LogP contribution is 2.17. The van der Waals surface area contributed by atoms with E-state index in [1.54, 1.807) is 0 Å². The lowest BCUT2D eigenvalue weighted by atomic mass is 10.1. The Morgan fingerprint density at radius 2 is 1.80 bits per heavy atom. The molecule has 0 saturated heterocycles. The van der Waals surface area contributed by atoms with Gasteiger partial charge in [-0.1, -0.05) is 42.5 Å². The van der Waals surface area contributed by atoms with Gasteiger partial charge in [0.25, 0.3) is 0 Å². The van der Waals surface area contributed by atoms with Gasteiger partial charge in [-0.05, 0) is 42.6 Å². The van der Waals surface area contributed by atoms with Crippen molar-refractivity contribution in [2.75, 3.05) is 13.1 Å². The van der Waals surface area contributed by atoms with Crippen molar-refractivity contribution in [1.29, 1.82) is 0 Å². The summed E-state index contributed by atoms with van der Waals surface area (Å²) < 4.78 is 0. The molecule has 0 spiro atoms. The molecule has 0 aliphatic rings. The Hall–Kier alpha value is -2.59. The summed E-state index contributed by atoms with van der Waals surface area (Å²) in [5.74, 6) is 0.0860. The topological polar surface area (TPSA) is 56.9 Å². The van der Waals surface area contributed by atoms with Crippen molar-refractivity contribution in [3.63, 3.8) is 0 Å². The fourth-order valence-electron chi connectivity index (χ4n) is 2.98. The number of para-hydroxylation sites is 1. The Bertz CT molecular complexity index is 838. The molecule has 0 aliphatic carbocycles. The molecule has 3 N–H and O–H groups in total. The van der Waals surface area contributed by atoms with E-state index in [1.165, 1.54) is 27.6 Å². The molecule has 0 saturated carbocycles. The number of fused-ring (bicyclic) bond motifs is 1. The Kier molecular flexibility index (Phi) is 5.86. The van der Waals surface area contributed by atoms with Crippen molar-refractivity contribution < 1.29 is 4.79 Å². The Morgan fingerprint density at radius 1 is 1.00 bits per heavy atom. The van der Waals surface area contributed by atoms with Crippen molar-refractivity contribution in [3.8, 4) is 0 Å². The Balaban J connectivity index is 1.34. The summed E-state index contributed by atoms with van der Waals surface area (Å²) >= 11 is 0. The predicted molar refractivity (Wildman–Crippen MR) is 103 cm³/mol. The molecule has 1 aromatic heterocycles. The predicted octanol–water partition coefficient (Wildman–Crippen LogP) is 3.31. The minimum atomic E-state index is 0.0860. The molecule has 3 rings (SSSR count). The van der Waals surface area contributed by atoms with Gasteiger partial charge >= 0.3 is 0 Å². The summed E-state index contributed by atoms with van der Waals surface area (Å²) in [5.41, 5.74) is 4.86. The van der Waals surface area contributed by atoms with Gasteiger partial charge in [0.15, 0.2) is 0 Å². The van der Waals surface area contributed by atoms with Gasteiger partial charge in [0.05, 0.1) is 0 Å². The lowest BCUT2D eigenvalue weighted by Crippen LogP contribution is -2.28. The van der Waals surface area contributed by atoms with E-state index in [0.717, 1.165) is 13.0 Å². The average molecular weight is 335 g/mol. The first-order chi connectivity index (χ1) is 12.2. The minimum Gasteiger partial charge on any atom is -0.361 e. The summed E-state index contributed by atoms with van der Waals surface area (Å²) in [5, 5.41) is 7.62. The third kappa shape index (κ3) is 4.70. The maximum absolute atomic E-state index is 11.9. The first kappa shape index (κ1) is 17.2. The van der Waals surface area contributed by atoms with Crippen LogP contribution in [0.25, 0.3) is 10.9 Å². The van der Waals surface area contributed by atoms with Crippen LogP contribution in [-0.2, 0) is 17.8 Å². The number of hydrogen-bond donors (Lipinski definition) is 3. The molecule has 25 heavy (non-hydrogen) atoms. The number of aromatic amines is 1. The van der Waals surface area contributed by atoms with Gasteiger partial charge in [0, 0.05) is 36.6 Å². The van der Waals surface area contributed by atoms with E-state index in [9.17, 15) is 4.79 Å². The van der Waals surface area contributed by atoms with Gasteiger partial charge in [-0.15, -0.1) is 0 Å². The van der Waals surface area contributed by atoms with Crippen LogP contribution in [0.15, 0.2) is 54.7 Å². The molecule has 1 amide bonds. The maximum atomic E-state index is 11.9. The van der Waals surface area contributed by atoms with E-state index >= 15 is 0 Å². The number of hydrogen-bond acceptors (Lipinski definition) is 2. The second-order valence-electron chi connectivity index (χ2n) is 6.31. The van der Waals surface area contributed by atoms with Crippen LogP contribution in [-0.4, -0.2) is 24.0 Å². The zero-order chi connectivity index (χ0) is 17.5. The zero-order valence-electron chi connectivity index (χ0n) is 14.6. The number of aromatic nitrogens is 1. The third-order valence-electron chi connectivity index (χ3n) is 4.51. The average Bonchev–Trinajstić information content (AvgIpc) is 3.04. The molecule has 0 atom stereocenters. The molecule has 2 aromatic carbocycles. The first-order valence-electron chi connectivity index (χ1n) is 8.81. The zero-order valence-corrected chi connectivity index (χ0v) is 14.6. The molecule has 130 valence electrons. The van der Waals surface area contributed by atoms with Gasteiger partial charge in [-0.3, -0.25) is 4.79 Å². The SMILES string of the molecule is Cc1ccccc1CNC(=O)CCNCCc1c[nH]c2ccccc12. The van der Waals surface area contributed by atoms with Gasteiger partial charge < -0.3 is 15.6 Å². The Morgan fingerprint density at radius 3 is 2.68 bits per heavy atom. The molecule has 0 bridgehead atoms. The van der Waals surface area contributed by atoms with Crippen molar-refractivity contribution in [1.82, 2.24) is 15.6 Å². The van der Waals surface area contributed by atoms with Crippen molar-refractivity contribution in [3.05, 3.63) is 71.4 Å². The third-order valence-corrected chi connectivity index (χ3v) is 4.51. The molecule has 3 aromatic rings. The monoisotopic (exact) mass is 335 g/mol. The van der Waals surface area contributed by atoms with Crippen molar-refractivity contribution in [2.45, 2.75) is 26.3 Å². The van der Waals surface area contributed by atoms with Crippen molar-refractivity contribution in [2.24, 2.45) is 0 Å². The van der Waals surface area contributed by atoms with E-state index in [2.05, 4.69) is 59.1 Å². The fraction of sp³-hybridized carbons (Fsp3) is 0.286. The van der Waals surface area contributed by atoms with E-state index in [1.807, 2.05) is 18.2 Å². The lowest BCUT2D eigenvalue weighted by Gasteiger charge is -2.08. The maximum Gasteiger partial charge on any atom is 0.221 e. The van der Waals surface area contributed by atoms with Crippen LogP contribution in [0.2, 0.25) is 0 Å². The number of carbonyl (C=O) groups excluding carboxylic acids is 1. The first-order valence-corrected chi connectivity index (χ1v) is 8.81. The normalized spacial score (nSPS) is 10.9. The summed E-state index contributed by atoms with van der Waals surface area (Å²) in [7, 11) is 0. The van der Waals surface area contributed by atoms with E-state index in [0.29, 0.717) is 19.5 Å². The van der Waals surface area contributed by atoms with Crippen LogP contribution in [0.3, 0.4) is 0 Å². The van der Waals surface area contributed by atoms with Crippen LogP contribution < -0.4 is 10.6 Å². The summed E-state index contributed by atoms with van der Waals surface area (Å²) in [4.78, 5) is 15.2. The second-order valence-corrected chi connectivity index (χ2v) is 6.31. The molecule has 1 heterocycles. The number of H-pyrrole nitrogens is 1. The number of carbonyl (C=O) groups is 1. The molecule has 4 nitrogen and oxygen atoms in total. The minimum absolute atomic E-state index is 0.0860. The van der Waals surface area contributed by atoms with E-state index < -0.39 is 0 Å². The molecule has 0 fully saturated rings. The number of nitrogens with one attached hydrogen (secondary N) is 3.